The van der Waals surface area contributed by atoms with Gasteiger partial charge in [0.1, 0.15) is 0 Å². The van der Waals surface area contributed by atoms with E-state index in [1.807, 2.05) is 13.8 Å². The molecule has 1 aromatic heterocycles. The van der Waals surface area contributed by atoms with Crippen molar-refractivity contribution in [1.82, 2.24) is 9.78 Å². The summed E-state index contributed by atoms with van der Waals surface area (Å²) >= 11 is 0. The first-order valence-corrected chi connectivity index (χ1v) is 6.51. The number of rotatable bonds is 5. The van der Waals surface area contributed by atoms with Gasteiger partial charge >= 0.3 is 5.82 Å². The Hall–Kier alpha value is -1.48. The van der Waals surface area contributed by atoms with Crippen LogP contribution in [0.4, 0.5) is 5.82 Å². The van der Waals surface area contributed by atoms with Gasteiger partial charge in [0.05, 0.1) is 17.8 Å². The van der Waals surface area contributed by atoms with E-state index >= 15 is 0 Å². The molecule has 0 saturated carbocycles. The first-order valence-electron chi connectivity index (χ1n) is 4.96. The van der Waals surface area contributed by atoms with Crippen LogP contribution in [0.5, 0.6) is 0 Å². The summed E-state index contributed by atoms with van der Waals surface area (Å²) in [7, 11) is -4.12. The van der Waals surface area contributed by atoms with Crippen molar-refractivity contribution >= 4 is 15.8 Å². The van der Waals surface area contributed by atoms with Crippen LogP contribution in [0.15, 0.2) is 11.1 Å². The van der Waals surface area contributed by atoms with Crippen molar-refractivity contribution in [3.8, 4) is 0 Å². The minimum atomic E-state index is -4.12. The standard InChI is InChI=1S/C8H14N4O4S/c1-6(2)3-4-11-5-7(17(9,15)16)8(10-11)12(13)14/h5-6H,3-4H2,1-2H3,(H2,9,15,16). The third-order valence-corrected chi connectivity index (χ3v) is 3.03. The van der Waals surface area contributed by atoms with Crippen LogP contribution in [-0.2, 0) is 16.6 Å². The average Bonchev–Trinajstić information content (AvgIpc) is 2.57. The topological polar surface area (TPSA) is 121 Å². The lowest BCUT2D eigenvalue weighted by molar-refractivity contribution is -0.392. The second-order valence-corrected chi connectivity index (χ2v) is 5.59. The highest BCUT2D eigenvalue weighted by atomic mass is 32.2. The average molecular weight is 262 g/mol. The monoisotopic (exact) mass is 262 g/mol. The summed E-state index contributed by atoms with van der Waals surface area (Å²) in [5.74, 6) is -0.340. The molecule has 96 valence electrons. The molecule has 1 heterocycles. The summed E-state index contributed by atoms with van der Waals surface area (Å²) in [5, 5.41) is 19.1. The lowest BCUT2D eigenvalue weighted by Gasteiger charge is -2.00. The third kappa shape index (κ3) is 3.49. The molecule has 0 bridgehead atoms. The fraction of sp³-hybridized carbons (Fsp3) is 0.625. The molecule has 0 unspecified atom stereocenters. The van der Waals surface area contributed by atoms with E-state index in [4.69, 9.17) is 5.14 Å². The van der Waals surface area contributed by atoms with Crippen LogP contribution in [0.25, 0.3) is 0 Å². The minimum Gasteiger partial charge on any atom is -0.358 e. The SMILES string of the molecule is CC(C)CCn1cc(S(N)(=O)=O)c([N+](=O)[O-])n1. The van der Waals surface area contributed by atoms with Crippen molar-refractivity contribution in [3.05, 3.63) is 16.3 Å². The molecule has 0 amide bonds. The van der Waals surface area contributed by atoms with Gasteiger partial charge < -0.3 is 10.1 Å². The van der Waals surface area contributed by atoms with Crippen molar-refractivity contribution in [3.63, 3.8) is 0 Å². The fourth-order valence-corrected chi connectivity index (χ4v) is 1.86. The van der Waals surface area contributed by atoms with Gasteiger partial charge in [0.25, 0.3) is 0 Å². The fourth-order valence-electron chi connectivity index (χ4n) is 1.23. The van der Waals surface area contributed by atoms with Gasteiger partial charge in [-0.3, -0.25) is 0 Å². The summed E-state index contributed by atoms with van der Waals surface area (Å²) in [6.07, 6.45) is 1.83. The highest BCUT2D eigenvalue weighted by Gasteiger charge is 2.28. The molecule has 0 aliphatic carbocycles. The molecule has 0 saturated heterocycles. The maximum Gasteiger partial charge on any atom is 0.410 e. The molecule has 2 N–H and O–H groups in total. The van der Waals surface area contributed by atoms with Gasteiger partial charge in [-0.15, -0.1) is 0 Å². The Balaban J connectivity index is 3.09. The second kappa shape index (κ2) is 4.80. The number of aryl methyl sites for hydroxylation is 1. The van der Waals surface area contributed by atoms with E-state index in [9.17, 15) is 18.5 Å². The van der Waals surface area contributed by atoms with E-state index in [0.717, 1.165) is 12.6 Å². The van der Waals surface area contributed by atoms with Gasteiger partial charge in [0.15, 0.2) is 0 Å². The molecule has 0 atom stereocenters. The normalized spacial score (nSPS) is 12.0. The first kappa shape index (κ1) is 13.6. The minimum absolute atomic E-state index is 0.385. The summed E-state index contributed by atoms with van der Waals surface area (Å²) in [4.78, 5) is 9.22. The molecule has 8 nitrogen and oxygen atoms in total. The molecule has 17 heavy (non-hydrogen) atoms. The Morgan fingerprint density at radius 1 is 1.59 bits per heavy atom. The second-order valence-electron chi connectivity index (χ2n) is 4.06. The molecule has 0 fully saturated rings. The maximum absolute atomic E-state index is 11.1. The molecule has 0 aromatic carbocycles. The largest absolute Gasteiger partial charge is 0.410 e. The lowest BCUT2D eigenvalue weighted by Crippen LogP contribution is -2.13. The van der Waals surface area contributed by atoms with Crippen LogP contribution in [0.1, 0.15) is 20.3 Å². The zero-order valence-electron chi connectivity index (χ0n) is 9.53. The van der Waals surface area contributed by atoms with Gasteiger partial charge in [-0.1, -0.05) is 13.8 Å². The van der Waals surface area contributed by atoms with Crippen molar-refractivity contribution < 1.29 is 13.3 Å². The zero-order chi connectivity index (χ0) is 13.2. The smallest absolute Gasteiger partial charge is 0.358 e. The number of nitrogens with two attached hydrogens (primary N) is 1. The van der Waals surface area contributed by atoms with Gasteiger partial charge in [-0.2, -0.15) is 4.68 Å². The number of nitrogens with zero attached hydrogens (tertiary/aromatic N) is 3. The number of primary sulfonamides is 1. The Morgan fingerprint density at radius 2 is 2.18 bits per heavy atom. The highest BCUT2D eigenvalue weighted by molar-refractivity contribution is 7.89. The number of nitro groups is 1. The Bertz CT molecular complexity index is 520. The summed E-state index contributed by atoms with van der Waals surface area (Å²) in [5.41, 5.74) is 0. The van der Waals surface area contributed by atoms with Crippen molar-refractivity contribution in [1.29, 1.82) is 0 Å². The molecule has 9 heteroatoms. The van der Waals surface area contributed by atoms with Crippen molar-refractivity contribution in [2.45, 2.75) is 31.7 Å². The molecular weight excluding hydrogens is 248 g/mol. The van der Waals surface area contributed by atoms with E-state index in [1.54, 1.807) is 0 Å². The summed E-state index contributed by atoms with van der Waals surface area (Å²) in [6.45, 7) is 4.38. The third-order valence-electron chi connectivity index (χ3n) is 2.12. The summed E-state index contributed by atoms with van der Waals surface area (Å²) < 4.78 is 23.5. The van der Waals surface area contributed by atoms with Crippen LogP contribution in [0, 0.1) is 16.0 Å². The number of aromatic nitrogens is 2. The number of hydrogen-bond donors (Lipinski definition) is 1. The van der Waals surface area contributed by atoms with Crippen LogP contribution in [0.3, 0.4) is 0 Å². The van der Waals surface area contributed by atoms with Gasteiger partial charge in [-0.25, -0.2) is 13.6 Å². The molecule has 1 rings (SSSR count). The lowest BCUT2D eigenvalue weighted by atomic mass is 10.1. The van der Waals surface area contributed by atoms with E-state index in [-0.39, 0.29) is 0 Å². The van der Waals surface area contributed by atoms with Crippen molar-refractivity contribution in [2.24, 2.45) is 11.1 Å². The quantitative estimate of drug-likeness (QED) is 0.611. The van der Waals surface area contributed by atoms with Gasteiger partial charge in [-0.05, 0) is 17.3 Å². The molecule has 0 aliphatic heterocycles. The molecule has 0 aliphatic rings. The zero-order valence-corrected chi connectivity index (χ0v) is 10.3. The molecule has 0 radical (unpaired) electrons. The van der Waals surface area contributed by atoms with E-state index in [1.165, 1.54) is 4.68 Å². The molecule has 1 aromatic rings. The maximum atomic E-state index is 11.1. The van der Waals surface area contributed by atoms with E-state index in [0.29, 0.717) is 12.5 Å². The van der Waals surface area contributed by atoms with Crippen LogP contribution >= 0.6 is 0 Å². The highest BCUT2D eigenvalue weighted by Crippen LogP contribution is 2.20. The predicted molar refractivity (Wildman–Crippen MR) is 59.7 cm³/mol. The molecule has 0 spiro atoms. The van der Waals surface area contributed by atoms with Crippen LogP contribution in [0.2, 0.25) is 0 Å². The van der Waals surface area contributed by atoms with Crippen LogP contribution in [-0.4, -0.2) is 23.1 Å². The first-order chi connectivity index (χ1) is 7.71. The Labute approximate surface area is 98.6 Å². The van der Waals surface area contributed by atoms with E-state index in [2.05, 4.69) is 5.10 Å². The Kier molecular flexibility index (Phi) is 3.83. The van der Waals surface area contributed by atoms with Crippen molar-refractivity contribution in [2.75, 3.05) is 0 Å². The van der Waals surface area contributed by atoms with Gasteiger partial charge in [0, 0.05) is 0 Å². The number of sulfonamides is 1. The van der Waals surface area contributed by atoms with Crippen LogP contribution < -0.4 is 5.14 Å². The summed E-state index contributed by atoms with van der Waals surface area (Å²) in [6, 6.07) is 0. The van der Waals surface area contributed by atoms with E-state index < -0.39 is 25.7 Å². The molecular formula is C8H14N4O4S. The van der Waals surface area contributed by atoms with Gasteiger partial charge in [0.2, 0.25) is 14.9 Å². The predicted octanol–water partition coefficient (Wildman–Crippen LogP) is 0.485. The Morgan fingerprint density at radius 3 is 2.53 bits per heavy atom. The number of hydrogen-bond acceptors (Lipinski definition) is 5.